The summed E-state index contributed by atoms with van der Waals surface area (Å²) in [7, 11) is 0. The number of piperidine rings is 2. The average Bonchev–Trinajstić information content (AvgIpc) is 2.47. The number of fused-ring (bicyclic) bond motifs is 2. The minimum Gasteiger partial charge on any atom is -0.335 e. The van der Waals surface area contributed by atoms with E-state index in [0.29, 0.717) is 23.0 Å². The highest BCUT2D eigenvalue weighted by molar-refractivity contribution is 6.30. The van der Waals surface area contributed by atoms with Crippen LogP contribution in [-0.2, 0) is 0 Å². The van der Waals surface area contributed by atoms with E-state index in [-0.39, 0.29) is 12.1 Å². The van der Waals surface area contributed by atoms with Crippen molar-refractivity contribution in [3.05, 3.63) is 29.3 Å². The number of nitrogens with zero attached hydrogens (tertiary/aromatic N) is 1. The summed E-state index contributed by atoms with van der Waals surface area (Å²) < 4.78 is 0. The highest BCUT2D eigenvalue weighted by atomic mass is 35.5. The third-order valence-corrected chi connectivity index (χ3v) is 5.35. The predicted molar refractivity (Wildman–Crippen MR) is 99.6 cm³/mol. The van der Waals surface area contributed by atoms with Crippen molar-refractivity contribution in [2.24, 2.45) is 5.92 Å². The van der Waals surface area contributed by atoms with Crippen molar-refractivity contribution in [1.29, 1.82) is 0 Å². The summed E-state index contributed by atoms with van der Waals surface area (Å²) in [6.07, 6.45) is 5.97. The van der Waals surface area contributed by atoms with Crippen molar-refractivity contribution >= 4 is 23.3 Å². The minimum absolute atomic E-state index is 0.127. The normalized spacial score (nSPS) is 27.1. The van der Waals surface area contributed by atoms with Gasteiger partial charge in [-0.2, -0.15) is 0 Å². The molecular formula is C19H28ClN3O. The van der Waals surface area contributed by atoms with E-state index in [1.807, 2.05) is 12.1 Å². The standard InChI is InChI=1S/C19H28ClN3O/c1-13(2)12-23-17-7-4-8-18(23)11-16(10-17)22-19(24)21-15-6-3-5-14(20)9-15/h3,5-6,9,13,16-18H,4,7-8,10-12H2,1-2H3,(H2,21,22,24)/t17-,18-/m0/s1. The number of benzene rings is 1. The Hall–Kier alpha value is -1.26. The zero-order valence-electron chi connectivity index (χ0n) is 14.6. The Morgan fingerprint density at radius 1 is 1.29 bits per heavy atom. The lowest BCUT2D eigenvalue weighted by molar-refractivity contribution is 0.0180. The molecule has 2 N–H and O–H groups in total. The molecule has 2 saturated heterocycles. The largest absolute Gasteiger partial charge is 0.335 e. The molecular weight excluding hydrogens is 322 g/mol. The number of hydrogen-bond donors (Lipinski definition) is 2. The number of amides is 2. The minimum atomic E-state index is -0.127. The van der Waals surface area contributed by atoms with Gasteiger partial charge < -0.3 is 10.6 Å². The van der Waals surface area contributed by atoms with E-state index >= 15 is 0 Å². The summed E-state index contributed by atoms with van der Waals surface area (Å²) in [6.45, 7) is 5.76. The van der Waals surface area contributed by atoms with Crippen molar-refractivity contribution in [3.63, 3.8) is 0 Å². The number of anilines is 1. The molecule has 0 radical (unpaired) electrons. The van der Waals surface area contributed by atoms with E-state index in [2.05, 4.69) is 29.4 Å². The van der Waals surface area contributed by atoms with Gasteiger partial charge in [-0.3, -0.25) is 4.90 Å². The summed E-state index contributed by atoms with van der Waals surface area (Å²) in [5, 5.41) is 6.69. The second-order valence-corrected chi connectivity index (χ2v) is 8.04. The van der Waals surface area contributed by atoms with Gasteiger partial charge in [0.1, 0.15) is 0 Å². The molecule has 2 aliphatic heterocycles. The smallest absolute Gasteiger partial charge is 0.319 e. The third kappa shape index (κ3) is 4.42. The van der Waals surface area contributed by atoms with E-state index in [9.17, 15) is 4.79 Å². The predicted octanol–water partition coefficient (Wildman–Crippen LogP) is 4.50. The highest BCUT2D eigenvalue weighted by Gasteiger charge is 2.38. The summed E-state index contributed by atoms with van der Waals surface area (Å²) >= 11 is 5.97. The summed E-state index contributed by atoms with van der Waals surface area (Å²) in [5.41, 5.74) is 0.734. The van der Waals surface area contributed by atoms with E-state index in [0.717, 1.165) is 18.5 Å². The van der Waals surface area contributed by atoms with Gasteiger partial charge in [-0.25, -0.2) is 4.79 Å². The maximum Gasteiger partial charge on any atom is 0.319 e. The van der Waals surface area contributed by atoms with Crippen LogP contribution in [0.1, 0.15) is 46.0 Å². The zero-order chi connectivity index (χ0) is 17.1. The Kier molecular flexibility index (Phi) is 5.67. The number of hydrogen-bond acceptors (Lipinski definition) is 2. The van der Waals surface area contributed by atoms with Crippen LogP contribution in [-0.4, -0.2) is 35.6 Å². The molecule has 2 bridgehead atoms. The number of rotatable bonds is 4. The molecule has 0 spiro atoms. The first kappa shape index (κ1) is 17.6. The summed E-state index contributed by atoms with van der Waals surface area (Å²) in [5.74, 6) is 0.698. The molecule has 0 aromatic heterocycles. The average molecular weight is 350 g/mol. The molecule has 2 atom stereocenters. The highest BCUT2D eigenvalue weighted by Crippen LogP contribution is 2.34. The molecule has 1 aromatic carbocycles. The Labute approximate surface area is 149 Å². The van der Waals surface area contributed by atoms with Gasteiger partial charge in [0.25, 0.3) is 0 Å². The molecule has 2 fully saturated rings. The van der Waals surface area contributed by atoms with Crippen LogP contribution in [0.3, 0.4) is 0 Å². The van der Waals surface area contributed by atoms with Crippen molar-refractivity contribution < 1.29 is 4.79 Å². The molecule has 2 aliphatic rings. The van der Waals surface area contributed by atoms with Gasteiger partial charge >= 0.3 is 6.03 Å². The van der Waals surface area contributed by atoms with Crippen LogP contribution in [0.2, 0.25) is 5.02 Å². The second-order valence-electron chi connectivity index (χ2n) is 7.61. The van der Waals surface area contributed by atoms with E-state index in [4.69, 9.17) is 11.6 Å². The van der Waals surface area contributed by atoms with Gasteiger partial charge in [0, 0.05) is 35.4 Å². The zero-order valence-corrected chi connectivity index (χ0v) is 15.4. The second kappa shape index (κ2) is 7.75. The molecule has 0 saturated carbocycles. The maximum atomic E-state index is 12.3. The quantitative estimate of drug-likeness (QED) is 0.840. The third-order valence-electron chi connectivity index (χ3n) is 5.12. The summed E-state index contributed by atoms with van der Waals surface area (Å²) in [4.78, 5) is 15.0. The van der Waals surface area contributed by atoms with Crippen molar-refractivity contribution in [2.75, 3.05) is 11.9 Å². The number of halogens is 1. The number of carbonyl (C=O) groups is 1. The van der Waals surface area contributed by atoms with Crippen LogP contribution in [0.5, 0.6) is 0 Å². The number of carbonyl (C=O) groups excluding carboxylic acids is 1. The van der Waals surface area contributed by atoms with Crippen molar-refractivity contribution in [3.8, 4) is 0 Å². The number of urea groups is 1. The monoisotopic (exact) mass is 349 g/mol. The molecule has 5 heteroatoms. The maximum absolute atomic E-state index is 12.3. The molecule has 3 rings (SSSR count). The molecule has 4 nitrogen and oxygen atoms in total. The SMILES string of the molecule is CC(C)CN1[C@H]2CCC[C@H]1CC(NC(=O)Nc1cccc(Cl)c1)C2. The molecule has 0 aliphatic carbocycles. The first-order valence-corrected chi connectivity index (χ1v) is 9.48. The lowest BCUT2D eigenvalue weighted by Gasteiger charge is -2.49. The van der Waals surface area contributed by atoms with Gasteiger partial charge in [-0.15, -0.1) is 0 Å². The molecule has 0 unspecified atom stereocenters. The summed E-state index contributed by atoms with van der Waals surface area (Å²) in [6, 6.07) is 8.64. The number of nitrogens with one attached hydrogen (secondary N) is 2. The van der Waals surface area contributed by atoms with Gasteiger partial charge in [-0.1, -0.05) is 37.9 Å². The molecule has 2 heterocycles. The van der Waals surface area contributed by atoms with E-state index in [1.165, 1.54) is 25.8 Å². The van der Waals surface area contributed by atoms with Crippen LogP contribution >= 0.6 is 11.6 Å². The van der Waals surface area contributed by atoms with Crippen LogP contribution < -0.4 is 10.6 Å². The van der Waals surface area contributed by atoms with Gasteiger partial charge in [0.05, 0.1) is 0 Å². The van der Waals surface area contributed by atoms with Crippen molar-refractivity contribution in [2.45, 2.75) is 64.1 Å². The van der Waals surface area contributed by atoms with E-state index < -0.39 is 0 Å². The lowest BCUT2D eigenvalue weighted by atomic mass is 9.81. The first-order valence-electron chi connectivity index (χ1n) is 9.10. The fourth-order valence-electron chi connectivity index (χ4n) is 4.23. The molecule has 1 aromatic rings. The Morgan fingerprint density at radius 2 is 2.00 bits per heavy atom. The van der Waals surface area contributed by atoms with Crippen LogP contribution in [0, 0.1) is 5.92 Å². The molecule has 132 valence electrons. The van der Waals surface area contributed by atoms with Gasteiger partial charge in [0.15, 0.2) is 0 Å². The Morgan fingerprint density at radius 3 is 2.62 bits per heavy atom. The van der Waals surface area contributed by atoms with Crippen LogP contribution in [0.15, 0.2) is 24.3 Å². The Balaban J connectivity index is 1.56. The van der Waals surface area contributed by atoms with Gasteiger partial charge in [0.2, 0.25) is 0 Å². The molecule has 2 amide bonds. The van der Waals surface area contributed by atoms with Crippen molar-refractivity contribution in [1.82, 2.24) is 10.2 Å². The van der Waals surface area contributed by atoms with Crippen LogP contribution in [0.4, 0.5) is 10.5 Å². The lowest BCUT2D eigenvalue weighted by Crippen LogP contribution is -2.58. The van der Waals surface area contributed by atoms with E-state index in [1.54, 1.807) is 12.1 Å². The van der Waals surface area contributed by atoms with Gasteiger partial charge in [-0.05, 0) is 49.8 Å². The Bertz CT molecular complexity index is 563. The fraction of sp³-hybridized carbons (Fsp3) is 0.632. The topological polar surface area (TPSA) is 44.4 Å². The first-order chi connectivity index (χ1) is 11.5. The fourth-order valence-corrected chi connectivity index (χ4v) is 4.43. The van der Waals surface area contributed by atoms with Crippen LogP contribution in [0.25, 0.3) is 0 Å². The molecule has 24 heavy (non-hydrogen) atoms.